The summed E-state index contributed by atoms with van der Waals surface area (Å²) in [4.78, 5) is 19.7. The molecule has 0 fully saturated rings. The molecule has 68 valence electrons. The first-order valence-electron chi connectivity index (χ1n) is 2.72. The van der Waals surface area contributed by atoms with Gasteiger partial charge in [-0.2, -0.15) is 0 Å². The van der Waals surface area contributed by atoms with Crippen LogP contribution in [0.5, 0.6) is 0 Å². The van der Waals surface area contributed by atoms with Crippen LogP contribution in [0.15, 0.2) is 0 Å². The summed E-state index contributed by atoms with van der Waals surface area (Å²) in [6.45, 7) is -0.283. The Labute approximate surface area is 66.8 Å². The van der Waals surface area contributed by atoms with Crippen LogP contribution < -0.4 is 0 Å². The van der Waals surface area contributed by atoms with E-state index >= 15 is 0 Å². The Bertz CT molecular complexity index is 166. The number of alkyl halides is 1. The molecule has 0 aromatic heterocycles. The highest BCUT2D eigenvalue weighted by Gasteiger charge is 2.30. The molecule has 0 aromatic carbocycles. The van der Waals surface area contributed by atoms with Crippen molar-refractivity contribution in [3.05, 3.63) is 0 Å². The molecular weight excluding hydrogens is 177 g/mol. The third-order valence-corrected chi connectivity index (χ3v) is 0.776. The summed E-state index contributed by atoms with van der Waals surface area (Å²) < 4.78 is 35.2. The Morgan fingerprint density at radius 2 is 2.25 bits per heavy atom. The molecule has 0 aliphatic heterocycles. The Morgan fingerprint density at radius 1 is 1.67 bits per heavy atom. The van der Waals surface area contributed by atoms with Gasteiger partial charge in [-0.15, -0.1) is 0 Å². The van der Waals surface area contributed by atoms with Gasteiger partial charge in [0.1, 0.15) is 0 Å². The van der Waals surface area contributed by atoms with Crippen LogP contribution in [0.3, 0.4) is 0 Å². The second-order valence-electron chi connectivity index (χ2n) is 1.48. The van der Waals surface area contributed by atoms with Gasteiger partial charge in [-0.25, -0.2) is 13.5 Å². The van der Waals surface area contributed by atoms with Crippen LogP contribution in [-0.2, 0) is 23.6 Å². The predicted molar refractivity (Wildman–Crippen MR) is 32.0 cm³/mol. The highest BCUT2D eigenvalue weighted by atomic mass is 19.2. The Kier molecular flexibility index (Phi) is 4.94. The molecule has 1 unspecified atom stereocenters. The molecule has 0 amide bonds. The number of carbonyl (C=O) groups excluding carboxylic acids is 2. The lowest BCUT2D eigenvalue weighted by atomic mass is 10.3. The van der Waals surface area contributed by atoms with Crippen molar-refractivity contribution in [2.75, 3.05) is 7.11 Å². The van der Waals surface area contributed by atoms with E-state index in [0.29, 0.717) is 0 Å². The molecule has 0 radical (unpaired) electrons. The third-order valence-electron chi connectivity index (χ3n) is 0.776. The van der Waals surface area contributed by atoms with E-state index in [4.69, 9.17) is 0 Å². The number of carbonyl (C=O) groups is 2. The number of rotatable bonds is 5. The summed E-state index contributed by atoms with van der Waals surface area (Å²) in [6, 6.07) is 0. The zero-order valence-electron chi connectivity index (χ0n) is 6.03. The smallest absolute Gasteiger partial charge is 0.484 e. The molecule has 0 bridgehead atoms. The summed E-state index contributed by atoms with van der Waals surface area (Å²) in [6.07, 6.45) is -2.61. The lowest BCUT2D eigenvalue weighted by Crippen LogP contribution is -2.28. The van der Waals surface area contributed by atoms with Gasteiger partial charge in [0.05, 0.1) is 7.11 Å². The maximum Gasteiger partial charge on any atom is 0.758 e. The van der Waals surface area contributed by atoms with Gasteiger partial charge in [0, 0.05) is 0 Å². The topological polar surface area (TPSA) is 61.8 Å². The van der Waals surface area contributed by atoms with E-state index in [9.17, 15) is 18.3 Å². The fraction of sp³-hybridized carbons (Fsp3) is 0.500. The normalized spacial score (nSPS) is 11.6. The SMILES string of the molecule is COC(=O)C(F)OB(F)OC=O. The van der Waals surface area contributed by atoms with Gasteiger partial charge in [-0.3, -0.25) is 4.79 Å². The van der Waals surface area contributed by atoms with Crippen LogP contribution in [0.2, 0.25) is 0 Å². The van der Waals surface area contributed by atoms with Crippen molar-refractivity contribution in [1.29, 1.82) is 0 Å². The van der Waals surface area contributed by atoms with Crippen LogP contribution in [0, 0.1) is 0 Å². The van der Waals surface area contributed by atoms with Crippen LogP contribution in [0.25, 0.3) is 0 Å². The second-order valence-corrected chi connectivity index (χ2v) is 1.48. The van der Waals surface area contributed by atoms with Crippen molar-refractivity contribution < 1.29 is 32.3 Å². The van der Waals surface area contributed by atoms with E-state index in [1.165, 1.54) is 0 Å². The van der Waals surface area contributed by atoms with Crippen molar-refractivity contribution in [3.63, 3.8) is 0 Å². The fourth-order valence-corrected chi connectivity index (χ4v) is 0.318. The Hall–Kier alpha value is -1.18. The monoisotopic (exact) mass is 182 g/mol. The molecule has 0 saturated heterocycles. The first-order valence-corrected chi connectivity index (χ1v) is 2.72. The number of hydrogen-bond donors (Lipinski definition) is 0. The minimum atomic E-state index is -2.61. The Balaban J connectivity index is 3.74. The molecule has 0 rings (SSSR count). The number of ether oxygens (including phenoxy) is 1. The summed E-state index contributed by atoms with van der Waals surface area (Å²) in [5.41, 5.74) is 0. The molecule has 1 atom stereocenters. The number of esters is 1. The summed E-state index contributed by atoms with van der Waals surface area (Å²) >= 11 is 0. The molecule has 0 spiro atoms. The van der Waals surface area contributed by atoms with E-state index in [-0.39, 0.29) is 6.47 Å². The van der Waals surface area contributed by atoms with Crippen LogP contribution in [0.1, 0.15) is 0 Å². The van der Waals surface area contributed by atoms with Crippen molar-refractivity contribution in [2.45, 2.75) is 6.36 Å². The van der Waals surface area contributed by atoms with E-state index < -0.39 is 19.7 Å². The van der Waals surface area contributed by atoms with Crippen molar-refractivity contribution in [1.82, 2.24) is 0 Å². The lowest BCUT2D eigenvalue weighted by molar-refractivity contribution is -0.160. The molecular formula is C4H5BF2O5. The minimum Gasteiger partial charge on any atom is -0.484 e. The number of halogens is 2. The molecule has 0 N–H and O–H groups in total. The molecule has 8 heteroatoms. The highest BCUT2D eigenvalue weighted by Crippen LogP contribution is 2.00. The van der Waals surface area contributed by atoms with Gasteiger partial charge in [-0.1, -0.05) is 0 Å². The van der Waals surface area contributed by atoms with Gasteiger partial charge in [0.15, 0.2) is 0 Å². The van der Waals surface area contributed by atoms with Gasteiger partial charge in [-0.05, 0) is 0 Å². The maximum atomic E-state index is 12.2. The molecule has 0 aliphatic carbocycles. The molecule has 5 nitrogen and oxygen atoms in total. The quantitative estimate of drug-likeness (QED) is 0.328. The van der Waals surface area contributed by atoms with Gasteiger partial charge >= 0.3 is 13.4 Å². The zero-order valence-corrected chi connectivity index (χ0v) is 6.03. The minimum absolute atomic E-state index is 0.283. The standard InChI is InChI=1S/C4H5BF2O5/c1-10-4(9)3(6)12-5(7)11-2-8/h2-3H,1H3. The summed E-state index contributed by atoms with van der Waals surface area (Å²) in [5, 5.41) is 0. The van der Waals surface area contributed by atoms with Crippen molar-refractivity contribution >= 4 is 19.8 Å². The average molecular weight is 182 g/mol. The first kappa shape index (κ1) is 10.8. The summed E-state index contributed by atoms with van der Waals surface area (Å²) in [5.74, 6) is -1.41. The Morgan fingerprint density at radius 3 is 2.67 bits per heavy atom. The largest absolute Gasteiger partial charge is 0.758 e. The molecule has 0 saturated carbocycles. The summed E-state index contributed by atoms with van der Waals surface area (Å²) in [7, 11) is -1.72. The fourth-order valence-electron chi connectivity index (χ4n) is 0.318. The molecule has 0 aliphatic rings. The van der Waals surface area contributed by atoms with Crippen molar-refractivity contribution in [2.24, 2.45) is 0 Å². The molecule has 12 heavy (non-hydrogen) atoms. The van der Waals surface area contributed by atoms with E-state index in [0.717, 1.165) is 7.11 Å². The number of hydrogen-bond acceptors (Lipinski definition) is 5. The third kappa shape index (κ3) is 3.86. The highest BCUT2D eigenvalue weighted by molar-refractivity contribution is 6.37. The van der Waals surface area contributed by atoms with E-state index in [2.05, 4.69) is 14.0 Å². The van der Waals surface area contributed by atoms with Gasteiger partial charge in [0.25, 0.3) is 12.8 Å². The van der Waals surface area contributed by atoms with Crippen LogP contribution in [0.4, 0.5) is 8.71 Å². The predicted octanol–water partition coefficient (Wildman–Crippen LogP) is -0.401. The van der Waals surface area contributed by atoms with Gasteiger partial charge < -0.3 is 14.0 Å². The van der Waals surface area contributed by atoms with Crippen LogP contribution in [-0.4, -0.2) is 33.3 Å². The van der Waals surface area contributed by atoms with E-state index in [1.54, 1.807) is 0 Å². The first-order chi connectivity index (χ1) is 5.61. The van der Waals surface area contributed by atoms with Crippen LogP contribution >= 0.6 is 0 Å². The molecule has 0 heterocycles. The second kappa shape index (κ2) is 5.47. The van der Waals surface area contributed by atoms with Gasteiger partial charge in [0.2, 0.25) is 0 Å². The van der Waals surface area contributed by atoms with Crippen molar-refractivity contribution in [3.8, 4) is 0 Å². The molecule has 0 aromatic rings. The zero-order chi connectivity index (χ0) is 9.56. The number of methoxy groups -OCH3 is 1. The average Bonchev–Trinajstić information content (AvgIpc) is 2.03. The lowest BCUT2D eigenvalue weighted by Gasteiger charge is -2.06. The van der Waals surface area contributed by atoms with E-state index in [1.807, 2.05) is 0 Å². The maximum absolute atomic E-state index is 12.2.